The highest BCUT2D eigenvalue weighted by Gasteiger charge is 2.17. The number of esters is 2. The van der Waals surface area contributed by atoms with Crippen LogP contribution in [0.2, 0.25) is 0 Å². The van der Waals surface area contributed by atoms with Gasteiger partial charge in [-0.2, -0.15) is 0 Å². The van der Waals surface area contributed by atoms with Gasteiger partial charge in [0.25, 0.3) is 0 Å². The quantitative estimate of drug-likeness (QED) is 0.771. The molecule has 0 aliphatic carbocycles. The summed E-state index contributed by atoms with van der Waals surface area (Å²) in [6, 6.07) is 14.2. The Kier molecular flexibility index (Phi) is 6.91. The lowest BCUT2D eigenvalue weighted by atomic mass is 10.1. The molecule has 0 fully saturated rings. The molecule has 26 heavy (non-hydrogen) atoms. The van der Waals surface area contributed by atoms with E-state index in [4.69, 9.17) is 4.74 Å². The Hall–Kier alpha value is -3.15. The Morgan fingerprint density at radius 1 is 0.923 bits per heavy atom. The van der Waals surface area contributed by atoms with Crippen molar-refractivity contribution in [3.05, 3.63) is 65.2 Å². The van der Waals surface area contributed by atoms with Crippen molar-refractivity contribution >= 4 is 23.5 Å². The second-order valence-corrected chi connectivity index (χ2v) is 5.63. The van der Waals surface area contributed by atoms with Gasteiger partial charge in [0.15, 0.2) is 0 Å². The summed E-state index contributed by atoms with van der Waals surface area (Å²) in [6.07, 6.45) is 1.73. The van der Waals surface area contributed by atoms with E-state index < -0.39 is 11.9 Å². The third-order valence-corrected chi connectivity index (χ3v) is 3.83. The molecule has 2 aromatic rings. The maximum atomic E-state index is 12.2. The minimum Gasteiger partial charge on any atom is -0.465 e. The monoisotopic (exact) mass is 355 g/mol. The summed E-state index contributed by atoms with van der Waals surface area (Å²) in [5.41, 5.74) is 1.80. The highest BCUT2D eigenvalue weighted by atomic mass is 16.5. The van der Waals surface area contributed by atoms with Gasteiger partial charge in [0.1, 0.15) is 0 Å². The van der Waals surface area contributed by atoms with Gasteiger partial charge in [-0.05, 0) is 36.6 Å². The molecule has 0 atom stereocenters. The van der Waals surface area contributed by atoms with E-state index in [1.54, 1.807) is 0 Å². The number of rotatable bonds is 7. The van der Waals surface area contributed by atoms with E-state index in [1.807, 2.05) is 30.3 Å². The number of ether oxygens (including phenoxy) is 2. The number of hydrogen-bond acceptors (Lipinski definition) is 5. The molecular formula is C20H21NO5. The fourth-order valence-corrected chi connectivity index (χ4v) is 2.49. The summed E-state index contributed by atoms with van der Waals surface area (Å²) in [5, 5.41) is 2.68. The number of aryl methyl sites for hydroxylation is 1. The van der Waals surface area contributed by atoms with Crippen LogP contribution < -0.4 is 5.32 Å². The number of carbonyl (C=O) groups is 3. The molecule has 0 radical (unpaired) electrons. The van der Waals surface area contributed by atoms with E-state index in [2.05, 4.69) is 10.1 Å². The van der Waals surface area contributed by atoms with Crippen LogP contribution in [0, 0.1) is 0 Å². The van der Waals surface area contributed by atoms with Crippen molar-refractivity contribution in [3.63, 3.8) is 0 Å². The van der Waals surface area contributed by atoms with Crippen LogP contribution >= 0.6 is 0 Å². The van der Waals surface area contributed by atoms with Crippen molar-refractivity contribution in [1.29, 1.82) is 0 Å². The van der Waals surface area contributed by atoms with Crippen molar-refractivity contribution in [2.24, 2.45) is 0 Å². The standard InChI is InChI=1S/C20H21NO5/c1-25-19(23)15-11-12-16(20(24)26-2)17(13-15)21-18(22)10-6-9-14-7-4-3-5-8-14/h3-5,7-8,11-13H,6,9-10H2,1-2H3,(H,21,22). The second kappa shape index (κ2) is 9.36. The van der Waals surface area contributed by atoms with Gasteiger partial charge in [-0.15, -0.1) is 0 Å². The highest BCUT2D eigenvalue weighted by molar-refractivity contribution is 6.03. The topological polar surface area (TPSA) is 81.7 Å². The van der Waals surface area contributed by atoms with Crippen LogP contribution in [0.5, 0.6) is 0 Å². The molecule has 0 saturated heterocycles. The summed E-state index contributed by atoms with van der Waals surface area (Å²) in [5.74, 6) is -1.39. The molecule has 1 N–H and O–H groups in total. The van der Waals surface area contributed by atoms with E-state index in [-0.39, 0.29) is 29.1 Å². The lowest BCUT2D eigenvalue weighted by molar-refractivity contribution is -0.116. The van der Waals surface area contributed by atoms with Crippen molar-refractivity contribution in [2.75, 3.05) is 19.5 Å². The van der Waals surface area contributed by atoms with Gasteiger partial charge in [-0.25, -0.2) is 9.59 Å². The SMILES string of the molecule is COC(=O)c1ccc(C(=O)OC)c(NC(=O)CCCc2ccccc2)c1. The van der Waals surface area contributed by atoms with Crippen LogP contribution in [0.1, 0.15) is 39.1 Å². The predicted molar refractivity (Wildman–Crippen MR) is 97.1 cm³/mol. The largest absolute Gasteiger partial charge is 0.465 e. The van der Waals surface area contributed by atoms with Crippen molar-refractivity contribution in [2.45, 2.75) is 19.3 Å². The van der Waals surface area contributed by atoms with Crippen LogP contribution in [0.15, 0.2) is 48.5 Å². The summed E-state index contributed by atoms with van der Waals surface area (Å²) in [7, 11) is 2.51. The number of benzene rings is 2. The van der Waals surface area contributed by atoms with Crippen LogP contribution in [0.25, 0.3) is 0 Å². The molecule has 2 aromatic carbocycles. The number of anilines is 1. The van der Waals surface area contributed by atoms with E-state index in [0.717, 1.165) is 12.0 Å². The first-order valence-corrected chi connectivity index (χ1v) is 8.19. The van der Waals surface area contributed by atoms with Gasteiger partial charge in [0, 0.05) is 6.42 Å². The zero-order valence-electron chi connectivity index (χ0n) is 14.8. The maximum Gasteiger partial charge on any atom is 0.339 e. The van der Waals surface area contributed by atoms with E-state index >= 15 is 0 Å². The molecule has 0 aromatic heterocycles. The average molecular weight is 355 g/mol. The Labute approximate surface area is 152 Å². The van der Waals surface area contributed by atoms with Crippen LogP contribution in [0.3, 0.4) is 0 Å². The Balaban J connectivity index is 2.06. The first-order chi connectivity index (χ1) is 12.5. The zero-order chi connectivity index (χ0) is 18.9. The van der Waals surface area contributed by atoms with Gasteiger partial charge < -0.3 is 14.8 Å². The first kappa shape index (κ1) is 19.2. The van der Waals surface area contributed by atoms with E-state index in [9.17, 15) is 14.4 Å². The third-order valence-electron chi connectivity index (χ3n) is 3.83. The predicted octanol–water partition coefficient (Wildman–Crippen LogP) is 3.22. The minimum absolute atomic E-state index is 0.177. The van der Waals surface area contributed by atoms with Gasteiger partial charge >= 0.3 is 11.9 Å². The second-order valence-electron chi connectivity index (χ2n) is 5.63. The smallest absolute Gasteiger partial charge is 0.339 e. The summed E-state index contributed by atoms with van der Waals surface area (Å²) >= 11 is 0. The number of hydrogen-bond donors (Lipinski definition) is 1. The zero-order valence-corrected chi connectivity index (χ0v) is 14.8. The van der Waals surface area contributed by atoms with Crippen LogP contribution in [-0.4, -0.2) is 32.1 Å². The van der Waals surface area contributed by atoms with Crippen molar-refractivity contribution < 1.29 is 23.9 Å². The average Bonchev–Trinajstić information content (AvgIpc) is 2.67. The lowest BCUT2D eigenvalue weighted by Crippen LogP contribution is -2.16. The Morgan fingerprint density at radius 2 is 1.62 bits per heavy atom. The van der Waals surface area contributed by atoms with Gasteiger partial charge in [-0.3, -0.25) is 4.79 Å². The van der Waals surface area contributed by atoms with Crippen LogP contribution in [-0.2, 0) is 20.7 Å². The highest BCUT2D eigenvalue weighted by Crippen LogP contribution is 2.20. The van der Waals surface area contributed by atoms with Crippen molar-refractivity contribution in [3.8, 4) is 0 Å². The number of methoxy groups -OCH3 is 2. The Morgan fingerprint density at radius 3 is 2.27 bits per heavy atom. The fraction of sp³-hybridized carbons (Fsp3) is 0.250. The molecule has 1 amide bonds. The van der Waals surface area contributed by atoms with Crippen LogP contribution in [0.4, 0.5) is 5.69 Å². The fourth-order valence-electron chi connectivity index (χ4n) is 2.49. The lowest BCUT2D eigenvalue weighted by Gasteiger charge is -2.11. The molecule has 0 aliphatic heterocycles. The molecule has 2 rings (SSSR count). The van der Waals surface area contributed by atoms with E-state index in [0.29, 0.717) is 6.42 Å². The number of amides is 1. The molecule has 0 unspecified atom stereocenters. The number of nitrogens with one attached hydrogen (secondary N) is 1. The molecular weight excluding hydrogens is 334 g/mol. The van der Waals surface area contributed by atoms with Gasteiger partial charge in [0.05, 0.1) is 31.0 Å². The summed E-state index contributed by atoms with van der Waals surface area (Å²) in [6.45, 7) is 0. The first-order valence-electron chi connectivity index (χ1n) is 8.19. The summed E-state index contributed by atoms with van der Waals surface area (Å²) in [4.78, 5) is 35.8. The number of carbonyl (C=O) groups excluding carboxylic acids is 3. The third kappa shape index (κ3) is 5.17. The molecule has 0 aliphatic rings. The molecule has 6 heteroatoms. The maximum absolute atomic E-state index is 12.2. The molecule has 0 bridgehead atoms. The molecule has 136 valence electrons. The Bertz CT molecular complexity index is 786. The molecule has 0 saturated carbocycles. The minimum atomic E-state index is -0.596. The molecule has 0 spiro atoms. The normalized spacial score (nSPS) is 10.1. The van der Waals surface area contributed by atoms with Gasteiger partial charge in [0.2, 0.25) is 5.91 Å². The molecule has 0 heterocycles. The summed E-state index contributed by atoms with van der Waals surface area (Å²) < 4.78 is 9.39. The molecule has 6 nitrogen and oxygen atoms in total. The van der Waals surface area contributed by atoms with Gasteiger partial charge in [-0.1, -0.05) is 30.3 Å². The van der Waals surface area contributed by atoms with E-state index in [1.165, 1.54) is 32.4 Å². The van der Waals surface area contributed by atoms with Crippen molar-refractivity contribution in [1.82, 2.24) is 0 Å².